The molecular weight excluding hydrogens is 270 g/mol. The molecular formula is C16H15NO2S. The lowest BCUT2D eigenvalue weighted by molar-refractivity contribution is -0.0270. The molecule has 2 aliphatic heterocycles. The second-order valence-corrected chi connectivity index (χ2v) is 6.40. The van der Waals surface area contributed by atoms with Crippen molar-refractivity contribution >= 4 is 23.1 Å². The van der Waals surface area contributed by atoms with Crippen molar-refractivity contribution in [3.8, 4) is 0 Å². The van der Waals surface area contributed by atoms with Crippen LogP contribution in [-0.4, -0.2) is 23.4 Å². The molecule has 0 spiro atoms. The fourth-order valence-electron chi connectivity index (χ4n) is 3.09. The summed E-state index contributed by atoms with van der Waals surface area (Å²) in [5, 5.41) is 20.2. The van der Waals surface area contributed by atoms with Gasteiger partial charge in [-0.3, -0.25) is 0 Å². The van der Waals surface area contributed by atoms with E-state index in [1.807, 2.05) is 18.2 Å². The Bertz CT molecular complexity index is 688. The Balaban J connectivity index is 1.96. The van der Waals surface area contributed by atoms with E-state index in [2.05, 4.69) is 29.2 Å². The first-order valence-corrected chi connectivity index (χ1v) is 7.56. The van der Waals surface area contributed by atoms with Crippen LogP contribution in [0.2, 0.25) is 0 Å². The van der Waals surface area contributed by atoms with E-state index in [1.165, 1.54) is 10.6 Å². The Morgan fingerprint density at radius 2 is 1.90 bits per heavy atom. The Labute approximate surface area is 121 Å². The molecule has 1 unspecified atom stereocenters. The molecule has 0 amide bonds. The smallest absolute Gasteiger partial charge is 0.116 e. The monoisotopic (exact) mass is 285 g/mol. The number of fused-ring (bicyclic) bond motifs is 2. The molecule has 4 heteroatoms. The van der Waals surface area contributed by atoms with Crippen molar-refractivity contribution in [3.63, 3.8) is 0 Å². The van der Waals surface area contributed by atoms with Gasteiger partial charge in [0.1, 0.15) is 5.60 Å². The minimum Gasteiger partial charge on any atom is -0.393 e. The van der Waals surface area contributed by atoms with Crippen molar-refractivity contribution in [2.75, 3.05) is 18.1 Å². The molecule has 2 aromatic carbocycles. The molecule has 2 aliphatic rings. The molecule has 2 aromatic rings. The maximum atomic E-state index is 10.7. The van der Waals surface area contributed by atoms with Crippen LogP contribution in [0.4, 0.5) is 11.4 Å². The zero-order valence-electron chi connectivity index (χ0n) is 10.9. The number of para-hydroxylation sites is 2. The minimum absolute atomic E-state index is 0.233. The molecule has 102 valence electrons. The summed E-state index contributed by atoms with van der Waals surface area (Å²) in [5.74, 6) is 0. The van der Waals surface area contributed by atoms with Crippen LogP contribution in [0.15, 0.2) is 52.3 Å². The summed E-state index contributed by atoms with van der Waals surface area (Å²) in [5.41, 5.74) is 1.97. The second kappa shape index (κ2) is 4.25. The van der Waals surface area contributed by atoms with E-state index in [4.69, 9.17) is 0 Å². The maximum absolute atomic E-state index is 10.7. The SMILES string of the molecule is OCC1(O)CCN2c3ccccc3Sc3cccc1c32. The van der Waals surface area contributed by atoms with Gasteiger partial charge in [0.25, 0.3) is 0 Å². The molecule has 2 N–H and O–H groups in total. The predicted molar refractivity (Wildman–Crippen MR) is 79.6 cm³/mol. The Kier molecular flexibility index (Phi) is 2.61. The molecule has 20 heavy (non-hydrogen) atoms. The van der Waals surface area contributed by atoms with Gasteiger partial charge in [-0.1, -0.05) is 36.0 Å². The molecule has 0 radical (unpaired) electrons. The van der Waals surface area contributed by atoms with Crippen LogP contribution >= 0.6 is 11.8 Å². The van der Waals surface area contributed by atoms with Crippen molar-refractivity contribution < 1.29 is 10.2 Å². The molecule has 0 aliphatic carbocycles. The van der Waals surface area contributed by atoms with E-state index in [-0.39, 0.29) is 6.61 Å². The van der Waals surface area contributed by atoms with Crippen LogP contribution in [0.5, 0.6) is 0 Å². The van der Waals surface area contributed by atoms with Gasteiger partial charge < -0.3 is 15.1 Å². The van der Waals surface area contributed by atoms with Gasteiger partial charge in [-0.2, -0.15) is 0 Å². The Morgan fingerprint density at radius 3 is 2.75 bits per heavy atom. The van der Waals surface area contributed by atoms with Gasteiger partial charge in [-0.25, -0.2) is 0 Å². The molecule has 0 saturated heterocycles. The molecule has 0 fully saturated rings. The normalized spacial score (nSPS) is 23.2. The van der Waals surface area contributed by atoms with Crippen molar-refractivity contribution in [2.24, 2.45) is 0 Å². The first kappa shape index (κ1) is 12.3. The number of anilines is 2. The quantitative estimate of drug-likeness (QED) is 0.845. The van der Waals surface area contributed by atoms with Crippen molar-refractivity contribution in [1.29, 1.82) is 0 Å². The largest absolute Gasteiger partial charge is 0.393 e. The minimum atomic E-state index is -1.12. The highest BCUT2D eigenvalue weighted by Crippen LogP contribution is 2.53. The van der Waals surface area contributed by atoms with Crippen molar-refractivity contribution in [1.82, 2.24) is 0 Å². The zero-order valence-corrected chi connectivity index (χ0v) is 11.7. The van der Waals surface area contributed by atoms with E-state index in [0.717, 1.165) is 22.7 Å². The van der Waals surface area contributed by atoms with Gasteiger partial charge in [-0.15, -0.1) is 0 Å². The van der Waals surface area contributed by atoms with Crippen LogP contribution in [-0.2, 0) is 5.60 Å². The van der Waals surface area contributed by atoms with Crippen molar-refractivity contribution in [2.45, 2.75) is 21.8 Å². The number of hydrogen-bond acceptors (Lipinski definition) is 4. The number of hydrogen-bond donors (Lipinski definition) is 2. The fraction of sp³-hybridized carbons (Fsp3) is 0.250. The molecule has 2 heterocycles. The van der Waals surface area contributed by atoms with Crippen molar-refractivity contribution in [3.05, 3.63) is 48.0 Å². The summed E-state index contributed by atoms with van der Waals surface area (Å²) < 4.78 is 0. The number of rotatable bonds is 1. The molecule has 0 saturated carbocycles. The summed E-state index contributed by atoms with van der Waals surface area (Å²) >= 11 is 1.73. The lowest BCUT2D eigenvalue weighted by Gasteiger charge is -2.43. The van der Waals surface area contributed by atoms with Gasteiger partial charge in [-0.05, 0) is 18.2 Å². The number of aliphatic hydroxyl groups excluding tert-OH is 1. The molecule has 3 nitrogen and oxygen atoms in total. The summed E-state index contributed by atoms with van der Waals surface area (Å²) in [6.07, 6.45) is 0.541. The molecule has 0 aromatic heterocycles. The van der Waals surface area contributed by atoms with E-state index in [0.29, 0.717) is 6.42 Å². The van der Waals surface area contributed by atoms with E-state index >= 15 is 0 Å². The topological polar surface area (TPSA) is 43.7 Å². The highest BCUT2D eigenvalue weighted by atomic mass is 32.2. The lowest BCUT2D eigenvalue weighted by atomic mass is 9.85. The third kappa shape index (κ3) is 1.56. The van der Waals surface area contributed by atoms with Crippen LogP contribution in [0.3, 0.4) is 0 Å². The first-order valence-electron chi connectivity index (χ1n) is 6.74. The Hall–Kier alpha value is -1.49. The highest BCUT2D eigenvalue weighted by Gasteiger charge is 2.40. The predicted octanol–water partition coefficient (Wildman–Crippen LogP) is 2.87. The van der Waals surface area contributed by atoms with Gasteiger partial charge in [0.2, 0.25) is 0 Å². The summed E-state index contributed by atoms with van der Waals surface area (Å²) in [6, 6.07) is 14.3. The van der Waals surface area contributed by atoms with Gasteiger partial charge in [0.05, 0.1) is 18.0 Å². The van der Waals surface area contributed by atoms with Crippen LogP contribution in [0.1, 0.15) is 12.0 Å². The standard InChI is InChI=1S/C16H15NO2S/c18-10-16(19)8-9-17-12-5-1-2-6-13(12)20-14-7-3-4-11(16)15(14)17/h1-7,18-19H,8-10H2. The average Bonchev–Trinajstić information content (AvgIpc) is 2.50. The number of benzene rings is 2. The highest BCUT2D eigenvalue weighted by molar-refractivity contribution is 7.99. The lowest BCUT2D eigenvalue weighted by Crippen LogP contribution is -2.41. The van der Waals surface area contributed by atoms with Crippen LogP contribution in [0, 0.1) is 0 Å². The first-order chi connectivity index (χ1) is 9.73. The number of nitrogens with zero attached hydrogens (tertiary/aromatic N) is 1. The van der Waals surface area contributed by atoms with E-state index < -0.39 is 5.60 Å². The van der Waals surface area contributed by atoms with E-state index in [1.54, 1.807) is 11.8 Å². The fourth-order valence-corrected chi connectivity index (χ4v) is 4.22. The summed E-state index contributed by atoms with van der Waals surface area (Å²) in [6.45, 7) is 0.488. The summed E-state index contributed by atoms with van der Waals surface area (Å²) in [4.78, 5) is 4.65. The third-order valence-electron chi connectivity index (χ3n) is 4.16. The Morgan fingerprint density at radius 1 is 1.10 bits per heavy atom. The van der Waals surface area contributed by atoms with Gasteiger partial charge in [0.15, 0.2) is 0 Å². The summed E-state index contributed by atoms with van der Waals surface area (Å²) in [7, 11) is 0. The molecule has 1 atom stereocenters. The van der Waals surface area contributed by atoms with Gasteiger partial charge >= 0.3 is 0 Å². The van der Waals surface area contributed by atoms with Gasteiger partial charge in [0, 0.05) is 28.3 Å². The van der Waals surface area contributed by atoms with E-state index in [9.17, 15) is 10.2 Å². The van der Waals surface area contributed by atoms with Crippen LogP contribution < -0.4 is 4.90 Å². The van der Waals surface area contributed by atoms with Crippen LogP contribution in [0.25, 0.3) is 0 Å². The molecule has 4 rings (SSSR count). The maximum Gasteiger partial charge on any atom is 0.116 e. The molecule has 0 bridgehead atoms. The average molecular weight is 285 g/mol. The zero-order chi connectivity index (χ0) is 13.7. The third-order valence-corrected chi connectivity index (χ3v) is 5.27. The number of aliphatic hydroxyl groups is 2. The second-order valence-electron chi connectivity index (χ2n) is 5.31.